The summed E-state index contributed by atoms with van der Waals surface area (Å²) in [5.74, 6) is 0.163. The highest BCUT2D eigenvalue weighted by molar-refractivity contribution is 5.78. The number of hydrogen-bond donors (Lipinski definition) is 2. The van der Waals surface area contributed by atoms with Crippen LogP contribution in [0.4, 0.5) is 0 Å². The van der Waals surface area contributed by atoms with Crippen LogP contribution in [0, 0.1) is 5.92 Å². The second-order valence-corrected chi connectivity index (χ2v) is 4.29. The van der Waals surface area contributed by atoms with Crippen LogP contribution in [-0.4, -0.2) is 54.9 Å². The van der Waals surface area contributed by atoms with Gasteiger partial charge in [-0.3, -0.25) is 4.79 Å². The van der Waals surface area contributed by atoms with E-state index in [0.717, 1.165) is 12.8 Å². The number of amides is 1. The smallest absolute Gasteiger partial charge is 0.225 e. The summed E-state index contributed by atoms with van der Waals surface area (Å²) in [7, 11) is 0. The fourth-order valence-corrected chi connectivity index (χ4v) is 1.89. The first-order chi connectivity index (χ1) is 7.69. The molecule has 0 aromatic heterocycles. The van der Waals surface area contributed by atoms with Crippen molar-refractivity contribution in [3.63, 3.8) is 0 Å². The van der Waals surface area contributed by atoms with Gasteiger partial charge in [0, 0.05) is 19.0 Å². The standard InChI is InChI=1S/C11H22N2O3/c1-9(3-2-4-12)11(15)13-5-6-16-10(7-13)8-14/h9-10,14H,2-8,12H2,1H3. The third-order valence-electron chi connectivity index (χ3n) is 2.92. The summed E-state index contributed by atoms with van der Waals surface area (Å²) in [6.07, 6.45) is 1.48. The maximum Gasteiger partial charge on any atom is 0.225 e. The largest absolute Gasteiger partial charge is 0.394 e. The molecular formula is C11H22N2O3. The molecule has 2 unspecified atom stereocenters. The number of hydrogen-bond acceptors (Lipinski definition) is 4. The zero-order valence-corrected chi connectivity index (χ0v) is 9.89. The van der Waals surface area contributed by atoms with Crippen molar-refractivity contribution >= 4 is 5.91 Å². The average molecular weight is 230 g/mol. The molecule has 1 rings (SSSR count). The molecule has 0 saturated carbocycles. The Balaban J connectivity index is 2.40. The van der Waals surface area contributed by atoms with Crippen LogP contribution in [0.1, 0.15) is 19.8 Å². The highest BCUT2D eigenvalue weighted by Crippen LogP contribution is 2.13. The third-order valence-corrected chi connectivity index (χ3v) is 2.92. The summed E-state index contributed by atoms with van der Waals surface area (Å²) in [4.78, 5) is 13.8. The van der Waals surface area contributed by atoms with Crippen molar-refractivity contribution in [3.05, 3.63) is 0 Å². The van der Waals surface area contributed by atoms with Gasteiger partial charge in [0.25, 0.3) is 0 Å². The van der Waals surface area contributed by atoms with Gasteiger partial charge in [-0.2, -0.15) is 0 Å². The maximum atomic E-state index is 12.0. The molecular weight excluding hydrogens is 208 g/mol. The molecule has 5 nitrogen and oxygen atoms in total. The van der Waals surface area contributed by atoms with Crippen LogP contribution in [-0.2, 0) is 9.53 Å². The Kier molecular flexibility index (Phi) is 5.73. The van der Waals surface area contributed by atoms with Crippen LogP contribution in [0.3, 0.4) is 0 Å². The summed E-state index contributed by atoms with van der Waals surface area (Å²) in [6.45, 7) is 4.17. The van der Waals surface area contributed by atoms with Crippen molar-refractivity contribution in [1.82, 2.24) is 4.90 Å². The summed E-state index contributed by atoms with van der Waals surface area (Å²) in [5, 5.41) is 8.99. The lowest BCUT2D eigenvalue weighted by molar-refractivity contribution is -0.144. The number of carbonyl (C=O) groups excluding carboxylic acids is 1. The molecule has 1 amide bonds. The molecule has 0 radical (unpaired) electrons. The van der Waals surface area contributed by atoms with E-state index in [0.29, 0.717) is 26.2 Å². The normalized spacial score (nSPS) is 23.2. The van der Waals surface area contributed by atoms with Crippen LogP contribution >= 0.6 is 0 Å². The van der Waals surface area contributed by atoms with E-state index in [1.165, 1.54) is 0 Å². The second kappa shape index (κ2) is 6.83. The van der Waals surface area contributed by atoms with Gasteiger partial charge in [-0.1, -0.05) is 6.92 Å². The predicted molar refractivity (Wildman–Crippen MR) is 60.9 cm³/mol. The van der Waals surface area contributed by atoms with E-state index in [9.17, 15) is 4.79 Å². The first kappa shape index (κ1) is 13.4. The van der Waals surface area contributed by atoms with Gasteiger partial charge in [-0.15, -0.1) is 0 Å². The number of nitrogens with zero attached hydrogens (tertiary/aromatic N) is 1. The summed E-state index contributed by atoms with van der Waals surface area (Å²) in [5.41, 5.74) is 5.42. The molecule has 3 N–H and O–H groups in total. The van der Waals surface area contributed by atoms with Crippen molar-refractivity contribution in [2.75, 3.05) is 32.8 Å². The van der Waals surface area contributed by atoms with Gasteiger partial charge in [0.1, 0.15) is 0 Å². The quantitative estimate of drug-likeness (QED) is 0.672. The molecule has 0 bridgehead atoms. The van der Waals surface area contributed by atoms with E-state index in [4.69, 9.17) is 15.6 Å². The van der Waals surface area contributed by atoms with Crippen molar-refractivity contribution in [3.8, 4) is 0 Å². The third kappa shape index (κ3) is 3.73. The molecule has 16 heavy (non-hydrogen) atoms. The van der Waals surface area contributed by atoms with E-state index >= 15 is 0 Å². The molecule has 1 saturated heterocycles. The fraction of sp³-hybridized carbons (Fsp3) is 0.909. The van der Waals surface area contributed by atoms with Crippen molar-refractivity contribution in [1.29, 1.82) is 0 Å². The first-order valence-corrected chi connectivity index (χ1v) is 5.90. The minimum absolute atomic E-state index is 0.0148. The summed E-state index contributed by atoms with van der Waals surface area (Å²) >= 11 is 0. The Morgan fingerprint density at radius 3 is 3.06 bits per heavy atom. The van der Waals surface area contributed by atoms with Crippen LogP contribution in [0.5, 0.6) is 0 Å². The predicted octanol–water partition coefficient (Wildman–Crippen LogP) is -0.419. The molecule has 1 heterocycles. The molecule has 5 heteroatoms. The van der Waals surface area contributed by atoms with Gasteiger partial charge in [-0.25, -0.2) is 0 Å². The molecule has 0 spiro atoms. The van der Waals surface area contributed by atoms with Gasteiger partial charge < -0.3 is 20.5 Å². The Hall–Kier alpha value is -0.650. The lowest BCUT2D eigenvalue weighted by atomic mass is 10.0. The average Bonchev–Trinajstić information content (AvgIpc) is 2.35. The lowest BCUT2D eigenvalue weighted by Crippen LogP contribution is -2.48. The first-order valence-electron chi connectivity index (χ1n) is 5.90. The zero-order chi connectivity index (χ0) is 12.0. The van der Waals surface area contributed by atoms with E-state index in [2.05, 4.69) is 0 Å². The van der Waals surface area contributed by atoms with Crippen LogP contribution in [0.2, 0.25) is 0 Å². The van der Waals surface area contributed by atoms with Crippen LogP contribution < -0.4 is 5.73 Å². The highest BCUT2D eigenvalue weighted by Gasteiger charge is 2.26. The maximum absolute atomic E-state index is 12.0. The Labute approximate surface area is 96.6 Å². The van der Waals surface area contributed by atoms with E-state index < -0.39 is 0 Å². The van der Waals surface area contributed by atoms with Crippen molar-refractivity contribution in [2.45, 2.75) is 25.9 Å². The Bertz CT molecular complexity index is 223. The molecule has 1 aliphatic rings. The summed E-state index contributed by atoms with van der Waals surface area (Å²) < 4.78 is 5.30. The van der Waals surface area contributed by atoms with Gasteiger partial charge >= 0.3 is 0 Å². The van der Waals surface area contributed by atoms with Crippen molar-refractivity contribution in [2.24, 2.45) is 11.7 Å². The number of carbonyl (C=O) groups is 1. The van der Waals surface area contributed by atoms with Crippen molar-refractivity contribution < 1.29 is 14.6 Å². The lowest BCUT2D eigenvalue weighted by Gasteiger charge is -2.33. The molecule has 1 aliphatic heterocycles. The number of rotatable bonds is 5. The molecule has 2 atom stereocenters. The molecule has 0 aromatic rings. The van der Waals surface area contributed by atoms with E-state index in [1.54, 1.807) is 4.90 Å². The minimum atomic E-state index is -0.223. The molecule has 1 fully saturated rings. The number of nitrogens with two attached hydrogens (primary N) is 1. The SMILES string of the molecule is CC(CCCN)C(=O)N1CCOC(CO)C1. The zero-order valence-electron chi connectivity index (χ0n) is 9.89. The topological polar surface area (TPSA) is 75.8 Å². The molecule has 94 valence electrons. The Morgan fingerprint density at radius 1 is 1.69 bits per heavy atom. The minimum Gasteiger partial charge on any atom is -0.394 e. The Morgan fingerprint density at radius 2 is 2.44 bits per heavy atom. The fourth-order valence-electron chi connectivity index (χ4n) is 1.89. The highest BCUT2D eigenvalue weighted by atomic mass is 16.5. The number of aliphatic hydroxyl groups is 1. The van der Waals surface area contributed by atoms with Gasteiger partial charge in [0.05, 0.1) is 19.3 Å². The van der Waals surface area contributed by atoms with E-state index in [1.807, 2.05) is 6.92 Å². The molecule has 0 aliphatic carbocycles. The number of ether oxygens (including phenoxy) is 1. The van der Waals surface area contributed by atoms with Gasteiger partial charge in [0.2, 0.25) is 5.91 Å². The molecule has 0 aromatic carbocycles. The van der Waals surface area contributed by atoms with Gasteiger partial charge in [0.15, 0.2) is 0 Å². The van der Waals surface area contributed by atoms with Gasteiger partial charge in [-0.05, 0) is 19.4 Å². The van der Waals surface area contributed by atoms with Crippen LogP contribution in [0.25, 0.3) is 0 Å². The summed E-state index contributed by atoms with van der Waals surface area (Å²) in [6, 6.07) is 0. The number of aliphatic hydroxyl groups excluding tert-OH is 1. The van der Waals surface area contributed by atoms with Crippen LogP contribution in [0.15, 0.2) is 0 Å². The second-order valence-electron chi connectivity index (χ2n) is 4.29. The monoisotopic (exact) mass is 230 g/mol. The number of morpholine rings is 1. The van der Waals surface area contributed by atoms with E-state index in [-0.39, 0.29) is 24.5 Å².